The Morgan fingerprint density at radius 3 is 2.49 bits per heavy atom. The highest BCUT2D eigenvalue weighted by Gasteiger charge is 2.27. The lowest BCUT2D eigenvalue weighted by molar-refractivity contribution is -0.137. The van der Waals surface area contributed by atoms with Crippen molar-refractivity contribution < 1.29 is 28.9 Å². The maximum atomic E-state index is 12.3. The average molecular weight is 486 g/mol. The first-order valence-electron chi connectivity index (χ1n) is 11.8. The van der Waals surface area contributed by atoms with Crippen LogP contribution in [-0.4, -0.2) is 84.0 Å². The van der Waals surface area contributed by atoms with E-state index in [0.29, 0.717) is 56.3 Å². The van der Waals surface area contributed by atoms with E-state index in [1.165, 1.54) is 6.08 Å². The lowest BCUT2D eigenvalue weighted by Gasteiger charge is -2.36. The number of amides is 1. The van der Waals surface area contributed by atoms with E-state index in [1.807, 2.05) is 39.0 Å². The number of hydrogen-bond acceptors (Lipinski definition) is 8. The molecule has 1 aromatic carbocycles. The van der Waals surface area contributed by atoms with Gasteiger partial charge in [-0.25, -0.2) is 14.6 Å². The number of aromatic nitrogens is 1. The lowest BCUT2D eigenvalue weighted by Crippen LogP contribution is -2.50. The highest BCUT2D eigenvalue weighted by atomic mass is 16.6. The molecular weight excluding hydrogens is 450 g/mol. The molecule has 35 heavy (non-hydrogen) atoms. The van der Waals surface area contributed by atoms with Gasteiger partial charge in [-0.05, 0) is 45.4 Å². The summed E-state index contributed by atoms with van der Waals surface area (Å²) < 4.78 is 15.7. The summed E-state index contributed by atoms with van der Waals surface area (Å²) in [6.45, 7) is 10.3. The van der Waals surface area contributed by atoms with Crippen LogP contribution in [0.15, 0.2) is 30.3 Å². The van der Waals surface area contributed by atoms with Crippen LogP contribution < -0.4 is 4.74 Å². The molecule has 1 atom stereocenters. The van der Waals surface area contributed by atoms with Gasteiger partial charge in [0.05, 0.1) is 25.3 Å². The van der Waals surface area contributed by atoms with Crippen molar-refractivity contribution in [3.8, 4) is 5.88 Å². The highest BCUT2D eigenvalue weighted by molar-refractivity contribution is 5.95. The molecule has 1 N–H and O–H groups in total. The van der Waals surface area contributed by atoms with Crippen molar-refractivity contribution in [2.45, 2.75) is 39.4 Å². The van der Waals surface area contributed by atoms with Gasteiger partial charge in [-0.1, -0.05) is 12.1 Å². The molecule has 1 aliphatic heterocycles. The number of nitrogens with zero attached hydrogens (tertiary/aromatic N) is 3. The Morgan fingerprint density at radius 1 is 1.14 bits per heavy atom. The number of carbonyl (C=O) groups is 2. The summed E-state index contributed by atoms with van der Waals surface area (Å²) in [5, 5.41) is 11.9. The number of β-amino-alcohol motifs (C(OH)–C–C–N with tert-alkyl or cyclic N) is 1. The standard InChI is InChI=1S/C26H35N3O6/c1-6-34-23(31)12-8-18-7-9-20(24-19(18)10-11-22(27-24)33-5)21(30)17-28-13-15-29(16-14-28)25(32)35-26(2,3)4/h7-12,21,30H,6,13-17H2,1-5H3/b12-8+. The molecule has 2 heterocycles. The first-order chi connectivity index (χ1) is 16.6. The molecule has 1 fully saturated rings. The van der Waals surface area contributed by atoms with E-state index in [0.717, 1.165) is 10.9 Å². The van der Waals surface area contributed by atoms with Gasteiger partial charge in [0.2, 0.25) is 5.88 Å². The maximum Gasteiger partial charge on any atom is 0.410 e. The predicted octanol–water partition coefficient (Wildman–Crippen LogP) is 3.41. The molecule has 1 aromatic heterocycles. The summed E-state index contributed by atoms with van der Waals surface area (Å²) in [6, 6.07) is 7.28. The van der Waals surface area contributed by atoms with E-state index in [9.17, 15) is 14.7 Å². The molecule has 1 aliphatic rings. The molecule has 3 rings (SSSR count). The van der Waals surface area contributed by atoms with Crippen molar-refractivity contribution in [2.24, 2.45) is 0 Å². The van der Waals surface area contributed by atoms with Crippen molar-refractivity contribution in [1.29, 1.82) is 0 Å². The number of aliphatic hydroxyl groups is 1. The Labute approximate surface area is 206 Å². The van der Waals surface area contributed by atoms with Gasteiger partial charge in [-0.3, -0.25) is 4.90 Å². The van der Waals surface area contributed by atoms with Crippen molar-refractivity contribution in [1.82, 2.24) is 14.8 Å². The molecule has 9 nitrogen and oxygen atoms in total. The Morgan fingerprint density at radius 2 is 1.86 bits per heavy atom. The lowest BCUT2D eigenvalue weighted by atomic mass is 9.99. The fraction of sp³-hybridized carbons (Fsp3) is 0.500. The zero-order valence-corrected chi connectivity index (χ0v) is 21.1. The minimum absolute atomic E-state index is 0.305. The average Bonchev–Trinajstić information content (AvgIpc) is 2.81. The maximum absolute atomic E-state index is 12.3. The molecule has 0 radical (unpaired) electrons. The predicted molar refractivity (Wildman–Crippen MR) is 133 cm³/mol. The smallest absolute Gasteiger partial charge is 0.410 e. The fourth-order valence-electron chi connectivity index (χ4n) is 3.90. The van der Waals surface area contributed by atoms with Crippen LogP contribution >= 0.6 is 0 Å². The van der Waals surface area contributed by atoms with Crippen molar-refractivity contribution >= 4 is 29.0 Å². The van der Waals surface area contributed by atoms with Crippen LogP contribution in [0.1, 0.15) is 44.9 Å². The molecule has 1 amide bonds. The largest absolute Gasteiger partial charge is 0.481 e. The second-order valence-corrected chi connectivity index (χ2v) is 9.36. The van der Waals surface area contributed by atoms with Crippen LogP contribution in [0, 0.1) is 0 Å². The Bertz CT molecular complexity index is 1070. The van der Waals surface area contributed by atoms with Gasteiger partial charge in [-0.15, -0.1) is 0 Å². The number of rotatable bonds is 7. The van der Waals surface area contributed by atoms with Crippen LogP contribution in [0.2, 0.25) is 0 Å². The van der Waals surface area contributed by atoms with Gasteiger partial charge >= 0.3 is 12.1 Å². The first-order valence-corrected chi connectivity index (χ1v) is 11.8. The highest BCUT2D eigenvalue weighted by Crippen LogP contribution is 2.29. The molecule has 0 saturated carbocycles. The van der Waals surface area contributed by atoms with Gasteiger partial charge in [0.15, 0.2) is 0 Å². The molecule has 0 bridgehead atoms. The normalized spacial score (nSPS) is 15.9. The number of pyridine rings is 1. The fourth-order valence-corrected chi connectivity index (χ4v) is 3.90. The van der Waals surface area contributed by atoms with E-state index in [4.69, 9.17) is 14.2 Å². The van der Waals surface area contributed by atoms with Gasteiger partial charge in [0, 0.05) is 55.8 Å². The van der Waals surface area contributed by atoms with Gasteiger partial charge in [0.1, 0.15) is 5.60 Å². The SMILES string of the molecule is CCOC(=O)/C=C/c1ccc(C(O)CN2CCN(C(=O)OC(C)(C)C)CC2)c2nc(OC)ccc12. The molecule has 0 spiro atoms. The zero-order chi connectivity index (χ0) is 25.6. The summed E-state index contributed by atoms with van der Waals surface area (Å²) >= 11 is 0. The molecule has 1 unspecified atom stereocenters. The summed E-state index contributed by atoms with van der Waals surface area (Å²) in [6.07, 6.45) is 1.95. The van der Waals surface area contributed by atoms with E-state index < -0.39 is 17.7 Å². The number of methoxy groups -OCH3 is 1. The third-order valence-electron chi connectivity index (χ3n) is 5.61. The number of aliphatic hydroxyl groups excluding tert-OH is 1. The summed E-state index contributed by atoms with van der Waals surface area (Å²) in [4.78, 5) is 32.5. The molecule has 190 valence electrons. The van der Waals surface area contributed by atoms with Crippen LogP contribution in [0.4, 0.5) is 4.79 Å². The second kappa shape index (κ2) is 11.5. The Balaban J connectivity index is 1.75. The van der Waals surface area contributed by atoms with Gasteiger partial charge < -0.3 is 24.2 Å². The molecular formula is C26H35N3O6. The number of esters is 1. The number of fused-ring (bicyclic) bond motifs is 1. The third-order valence-corrected chi connectivity index (χ3v) is 5.61. The number of piperazine rings is 1. The minimum atomic E-state index is -0.798. The topological polar surface area (TPSA) is 101 Å². The minimum Gasteiger partial charge on any atom is -0.481 e. The molecule has 1 saturated heterocycles. The quantitative estimate of drug-likeness (QED) is 0.470. The molecule has 0 aliphatic carbocycles. The van der Waals surface area contributed by atoms with Crippen molar-refractivity contribution in [2.75, 3.05) is 46.4 Å². The second-order valence-electron chi connectivity index (χ2n) is 9.36. The van der Waals surface area contributed by atoms with E-state index >= 15 is 0 Å². The van der Waals surface area contributed by atoms with E-state index in [2.05, 4.69) is 9.88 Å². The Kier molecular flexibility index (Phi) is 8.69. The first kappa shape index (κ1) is 26.4. The van der Waals surface area contributed by atoms with E-state index in [1.54, 1.807) is 31.1 Å². The van der Waals surface area contributed by atoms with Crippen LogP contribution in [0.3, 0.4) is 0 Å². The number of benzene rings is 1. The summed E-state index contributed by atoms with van der Waals surface area (Å²) in [5.74, 6) is 0.0141. The van der Waals surface area contributed by atoms with E-state index in [-0.39, 0.29) is 6.09 Å². The number of hydrogen-bond donors (Lipinski definition) is 1. The van der Waals surface area contributed by atoms with Gasteiger partial charge in [-0.2, -0.15) is 0 Å². The monoisotopic (exact) mass is 485 g/mol. The molecule has 2 aromatic rings. The van der Waals surface area contributed by atoms with Crippen LogP contribution in [0.25, 0.3) is 17.0 Å². The number of carbonyl (C=O) groups excluding carboxylic acids is 2. The Hall–Kier alpha value is -3.17. The van der Waals surface area contributed by atoms with Gasteiger partial charge in [0.25, 0.3) is 0 Å². The summed E-state index contributed by atoms with van der Waals surface area (Å²) in [5.41, 5.74) is 1.53. The van der Waals surface area contributed by atoms with Crippen molar-refractivity contribution in [3.63, 3.8) is 0 Å². The zero-order valence-electron chi connectivity index (χ0n) is 21.1. The summed E-state index contributed by atoms with van der Waals surface area (Å²) in [7, 11) is 1.54. The van der Waals surface area contributed by atoms with Crippen LogP contribution in [-0.2, 0) is 14.3 Å². The van der Waals surface area contributed by atoms with Crippen LogP contribution in [0.5, 0.6) is 5.88 Å². The molecule has 9 heteroatoms. The number of ether oxygens (including phenoxy) is 3. The third kappa shape index (κ3) is 7.16. The van der Waals surface area contributed by atoms with Crippen molar-refractivity contribution in [3.05, 3.63) is 41.5 Å².